The lowest BCUT2D eigenvalue weighted by atomic mass is 10.3. The first-order valence-corrected chi connectivity index (χ1v) is 7.06. The number of aromatic nitrogens is 2. The van der Waals surface area contributed by atoms with Crippen molar-refractivity contribution in [1.29, 1.82) is 0 Å². The van der Waals surface area contributed by atoms with Crippen LogP contribution >= 0.6 is 0 Å². The van der Waals surface area contributed by atoms with Crippen LogP contribution < -0.4 is 5.32 Å². The lowest BCUT2D eigenvalue weighted by molar-refractivity contribution is -0.145. The number of nitrogens with zero attached hydrogens (tertiary/aromatic N) is 2. The number of carbonyl (C=O) groups excluding carboxylic acids is 2. The monoisotopic (exact) mass is 296 g/mol. The second-order valence-electron chi connectivity index (χ2n) is 5.16. The van der Waals surface area contributed by atoms with Crippen LogP contribution in [-0.4, -0.2) is 52.7 Å². The molecule has 0 aliphatic carbocycles. The Balaban J connectivity index is 2.63. The number of anilines is 1. The van der Waals surface area contributed by atoms with Gasteiger partial charge in [0.1, 0.15) is 0 Å². The minimum absolute atomic E-state index is 0.0618. The van der Waals surface area contributed by atoms with Crippen LogP contribution in [0.5, 0.6) is 0 Å². The van der Waals surface area contributed by atoms with Gasteiger partial charge in [-0.3, -0.25) is 19.6 Å². The number of hydrogen-bond donors (Lipinski definition) is 2. The molecule has 0 bridgehead atoms. The molecular formula is C14H24N4O3. The molecule has 0 radical (unpaired) electrons. The van der Waals surface area contributed by atoms with Crippen molar-refractivity contribution in [3.05, 3.63) is 11.4 Å². The smallest absolute Gasteiger partial charge is 0.320 e. The van der Waals surface area contributed by atoms with Crippen molar-refractivity contribution >= 4 is 17.6 Å². The van der Waals surface area contributed by atoms with Crippen LogP contribution in [0.1, 0.15) is 32.2 Å². The zero-order valence-corrected chi connectivity index (χ0v) is 13.3. The van der Waals surface area contributed by atoms with Crippen LogP contribution in [0.3, 0.4) is 0 Å². The second kappa shape index (κ2) is 7.78. The van der Waals surface area contributed by atoms with E-state index in [1.54, 1.807) is 11.8 Å². The fourth-order valence-electron chi connectivity index (χ4n) is 1.89. The first-order valence-electron chi connectivity index (χ1n) is 7.06. The highest BCUT2D eigenvalue weighted by molar-refractivity contribution is 5.93. The minimum atomic E-state index is -0.324. The van der Waals surface area contributed by atoms with E-state index in [9.17, 15) is 9.59 Å². The number of amides is 1. The van der Waals surface area contributed by atoms with E-state index in [4.69, 9.17) is 4.74 Å². The van der Waals surface area contributed by atoms with Gasteiger partial charge in [-0.15, -0.1) is 0 Å². The summed E-state index contributed by atoms with van der Waals surface area (Å²) in [5, 5.41) is 9.67. The van der Waals surface area contributed by atoms with Crippen LogP contribution in [0.4, 0.5) is 5.69 Å². The van der Waals surface area contributed by atoms with E-state index in [0.717, 1.165) is 11.4 Å². The van der Waals surface area contributed by atoms with Crippen LogP contribution in [0.25, 0.3) is 0 Å². The summed E-state index contributed by atoms with van der Waals surface area (Å²) in [7, 11) is 0. The Morgan fingerprint density at radius 1 is 1.33 bits per heavy atom. The maximum atomic E-state index is 12.1. The summed E-state index contributed by atoms with van der Waals surface area (Å²) in [6.07, 6.45) is 0. The third kappa shape index (κ3) is 5.18. The number of rotatable bonds is 7. The van der Waals surface area contributed by atoms with Crippen LogP contribution in [0, 0.1) is 13.8 Å². The fourth-order valence-corrected chi connectivity index (χ4v) is 1.89. The lowest BCUT2D eigenvalue weighted by Crippen LogP contribution is -2.41. The van der Waals surface area contributed by atoms with Crippen molar-refractivity contribution in [2.45, 2.75) is 40.7 Å². The zero-order chi connectivity index (χ0) is 16.0. The van der Waals surface area contributed by atoms with Gasteiger partial charge in [0.25, 0.3) is 0 Å². The maximum absolute atomic E-state index is 12.1. The number of nitrogens with one attached hydrogen (secondary N) is 2. The number of hydrogen-bond acceptors (Lipinski definition) is 5. The van der Waals surface area contributed by atoms with Gasteiger partial charge in [0, 0.05) is 6.04 Å². The number of aromatic amines is 1. The molecule has 1 rings (SSSR count). The number of H-pyrrole nitrogens is 1. The molecule has 21 heavy (non-hydrogen) atoms. The maximum Gasteiger partial charge on any atom is 0.320 e. The van der Waals surface area contributed by atoms with Gasteiger partial charge in [0.05, 0.1) is 36.8 Å². The number of esters is 1. The Morgan fingerprint density at radius 3 is 2.48 bits per heavy atom. The van der Waals surface area contributed by atoms with E-state index < -0.39 is 0 Å². The molecule has 2 N–H and O–H groups in total. The van der Waals surface area contributed by atoms with E-state index in [1.165, 1.54) is 0 Å². The van der Waals surface area contributed by atoms with E-state index >= 15 is 0 Å². The topological polar surface area (TPSA) is 87.3 Å². The lowest BCUT2D eigenvalue weighted by Gasteiger charge is -2.24. The Hall–Kier alpha value is -1.89. The van der Waals surface area contributed by atoms with Crippen LogP contribution in [0.15, 0.2) is 0 Å². The van der Waals surface area contributed by atoms with Gasteiger partial charge in [-0.2, -0.15) is 5.10 Å². The van der Waals surface area contributed by atoms with Gasteiger partial charge >= 0.3 is 5.97 Å². The van der Waals surface area contributed by atoms with Gasteiger partial charge in [0.15, 0.2) is 0 Å². The highest BCUT2D eigenvalue weighted by Crippen LogP contribution is 2.15. The predicted molar refractivity (Wildman–Crippen MR) is 80.0 cm³/mol. The molecule has 0 aromatic carbocycles. The standard InChI is InChI=1S/C14H24N4O3/c1-6-21-13(20)8-18(9(2)3)7-12(19)15-14-10(4)16-17-11(14)5/h9H,6-8H2,1-5H3,(H,15,19)(H,16,17). The summed E-state index contributed by atoms with van der Waals surface area (Å²) in [6.45, 7) is 9.84. The Labute approximate surface area is 125 Å². The Bertz CT molecular complexity index is 477. The molecule has 1 heterocycles. The predicted octanol–water partition coefficient (Wildman–Crippen LogP) is 1.24. The molecule has 1 aromatic rings. The van der Waals surface area contributed by atoms with E-state index in [-0.39, 0.29) is 31.0 Å². The molecule has 0 spiro atoms. The fraction of sp³-hybridized carbons (Fsp3) is 0.643. The Kier molecular flexibility index (Phi) is 6.36. The summed E-state index contributed by atoms with van der Waals surface area (Å²) in [6, 6.07) is 0.0618. The molecule has 7 heteroatoms. The van der Waals surface area contributed by atoms with E-state index in [2.05, 4.69) is 15.5 Å². The quantitative estimate of drug-likeness (QED) is 0.739. The highest BCUT2D eigenvalue weighted by Gasteiger charge is 2.19. The third-order valence-electron chi connectivity index (χ3n) is 3.11. The minimum Gasteiger partial charge on any atom is -0.465 e. The number of ether oxygens (including phenoxy) is 1. The molecular weight excluding hydrogens is 272 g/mol. The summed E-state index contributed by atoms with van der Waals surface area (Å²) < 4.78 is 4.92. The summed E-state index contributed by atoms with van der Waals surface area (Å²) in [5.41, 5.74) is 2.24. The molecule has 0 aliphatic rings. The third-order valence-corrected chi connectivity index (χ3v) is 3.11. The van der Waals surface area contributed by atoms with E-state index in [0.29, 0.717) is 12.3 Å². The van der Waals surface area contributed by atoms with Gasteiger partial charge in [-0.05, 0) is 34.6 Å². The SMILES string of the molecule is CCOC(=O)CN(CC(=O)Nc1c(C)n[nH]c1C)C(C)C. The summed E-state index contributed by atoms with van der Waals surface area (Å²) in [5.74, 6) is -0.504. The summed E-state index contributed by atoms with van der Waals surface area (Å²) >= 11 is 0. The summed E-state index contributed by atoms with van der Waals surface area (Å²) in [4.78, 5) is 25.4. The second-order valence-corrected chi connectivity index (χ2v) is 5.16. The number of aryl methyl sites for hydroxylation is 2. The molecule has 1 aromatic heterocycles. The van der Waals surface area contributed by atoms with E-state index in [1.807, 2.05) is 27.7 Å². The normalized spacial score (nSPS) is 11.0. The van der Waals surface area contributed by atoms with Crippen molar-refractivity contribution in [3.8, 4) is 0 Å². The molecule has 118 valence electrons. The van der Waals surface area contributed by atoms with Gasteiger partial charge in [0.2, 0.25) is 5.91 Å². The largest absolute Gasteiger partial charge is 0.465 e. The highest BCUT2D eigenvalue weighted by atomic mass is 16.5. The van der Waals surface area contributed by atoms with Gasteiger partial charge < -0.3 is 10.1 Å². The molecule has 0 aliphatic heterocycles. The number of carbonyl (C=O) groups is 2. The first-order chi connectivity index (χ1) is 9.85. The van der Waals surface area contributed by atoms with Gasteiger partial charge in [-0.1, -0.05) is 0 Å². The van der Waals surface area contributed by atoms with Crippen molar-refractivity contribution < 1.29 is 14.3 Å². The van der Waals surface area contributed by atoms with Crippen molar-refractivity contribution in [1.82, 2.24) is 15.1 Å². The van der Waals surface area contributed by atoms with Crippen molar-refractivity contribution in [3.63, 3.8) is 0 Å². The Morgan fingerprint density at radius 2 is 2.00 bits per heavy atom. The molecule has 0 fully saturated rings. The molecule has 7 nitrogen and oxygen atoms in total. The van der Waals surface area contributed by atoms with Crippen LogP contribution in [-0.2, 0) is 14.3 Å². The molecule has 0 atom stereocenters. The van der Waals surface area contributed by atoms with Crippen molar-refractivity contribution in [2.24, 2.45) is 0 Å². The zero-order valence-electron chi connectivity index (χ0n) is 13.3. The van der Waals surface area contributed by atoms with Crippen LogP contribution in [0.2, 0.25) is 0 Å². The molecule has 0 saturated heterocycles. The van der Waals surface area contributed by atoms with Crippen molar-refractivity contribution in [2.75, 3.05) is 25.0 Å². The average Bonchev–Trinajstić information content (AvgIpc) is 2.70. The molecule has 0 unspecified atom stereocenters. The first kappa shape index (κ1) is 17.2. The molecule has 1 amide bonds. The average molecular weight is 296 g/mol. The molecule has 0 saturated carbocycles. The van der Waals surface area contributed by atoms with Gasteiger partial charge in [-0.25, -0.2) is 0 Å².